The summed E-state index contributed by atoms with van der Waals surface area (Å²) in [6.07, 6.45) is 4.02. The lowest BCUT2D eigenvalue weighted by molar-refractivity contribution is 0.391. The molecule has 0 bridgehead atoms. The Bertz CT molecular complexity index is 397. The fourth-order valence-corrected chi connectivity index (χ4v) is 2.77. The highest BCUT2D eigenvalue weighted by Crippen LogP contribution is 2.43. The van der Waals surface area contributed by atoms with Crippen molar-refractivity contribution < 1.29 is 9.50 Å². The number of benzene rings is 1. The molecule has 0 aromatic heterocycles. The fourth-order valence-electron chi connectivity index (χ4n) is 2.77. The van der Waals surface area contributed by atoms with Crippen molar-refractivity contribution in [3.63, 3.8) is 0 Å². The minimum atomic E-state index is -0.488. The van der Waals surface area contributed by atoms with E-state index in [1.807, 2.05) is 13.0 Å². The molecule has 2 nitrogen and oxygen atoms in total. The Morgan fingerprint density at radius 1 is 1.38 bits per heavy atom. The third kappa shape index (κ3) is 1.69. The molecule has 0 amide bonds. The molecule has 1 saturated carbocycles. The predicted octanol–water partition coefficient (Wildman–Crippen LogP) is 2.61. The molecule has 1 fully saturated rings. The SMILES string of the molecule is Cc1cc(O)c(F)c(C2(CN)CCCC2)c1. The third-order valence-electron chi connectivity index (χ3n) is 3.72. The van der Waals surface area contributed by atoms with Gasteiger partial charge >= 0.3 is 0 Å². The smallest absolute Gasteiger partial charge is 0.168 e. The first-order chi connectivity index (χ1) is 7.59. The molecule has 0 saturated heterocycles. The van der Waals surface area contributed by atoms with Crippen molar-refractivity contribution in [2.24, 2.45) is 5.73 Å². The van der Waals surface area contributed by atoms with E-state index in [4.69, 9.17) is 5.73 Å². The zero-order valence-corrected chi connectivity index (χ0v) is 9.59. The first-order valence-electron chi connectivity index (χ1n) is 5.79. The fraction of sp³-hybridized carbons (Fsp3) is 0.538. The molecular weight excluding hydrogens is 205 g/mol. The van der Waals surface area contributed by atoms with Gasteiger partial charge in [-0.05, 0) is 37.0 Å². The number of aromatic hydroxyl groups is 1. The van der Waals surface area contributed by atoms with Crippen molar-refractivity contribution in [1.82, 2.24) is 0 Å². The molecule has 1 aliphatic carbocycles. The molecule has 16 heavy (non-hydrogen) atoms. The number of nitrogens with two attached hydrogens (primary N) is 1. The Hall–Kier alpha value is -1.09. The van der Waals surface area contributed by atoms with Crippen LogP contribution in [0.25, 0.3) is 0 Å². The van der Waals surface area contributed by atoms with E-state index in [0.29, 0.717) is 12.1 Å². The standard InChI is InChI=1S/C13H18FNO/c1-9-6-10(12(14)11(16)7-9)13(8-15)4-2-3-5-13/h6-7,16H,2-5,8,15H2,1H3. The second-order valence-electron chi connectivity index (χ2n) is 4.84. The summed E-state index contributed by atoms with van der Waals surface area (Å²) in [5.74, 6) is -0.743. The van der Waals surface area contributed by atoms with Crippen molar-refractivity contribution in [3.8, 4) is 5.75 Å². The number of phenols is 1. The van der Waals surface area contributed by atoms with Gasteiger partial charge in [-0.25, -0.2) is 4.39 Å². The van der Waals surface area contributed by atoms with Crippen LogP contribution < -0.4 is 5.73 Å². The number of halogens is 1. The molecule has 1 aromatic rings. The Labute approximate surface area is 95.3 Å². The minimum Gasteiger partial charge on any atom is -0.505 e. The first kappa shape index (κ1) is 11.4. The lowest BCUT2D eigenvalue weighted by Crippen LogP contribution is -2.33. The predicted molar refractivity (Wildman–Crippen MR) is 62.0 cm³/mol. The zero-order valence-electron chi connectivity index (χ0n) is 9.59. The van der Waals surface area contributed by atoms with E-state index in [1.165, 1.54) is 6.07 Å². The number of phenolic OH excluding ortho intramolecular Hbond substituents is 1. The number of aryl methyl sites for hydroxylation is 1. The number of hydrogen-bond acceptors (Lipinski definition) is 2. The van der Waals surface area contributed by atoms with Crippen LogP contribution in [0.2, 0.25) is 0 Å². The molecule has 0 unspecified atom stereocenters. The van der Waals surface area contributed by atoms with Crippen LogP contribution in [0.3, 0.4) is 0 Å². The van der Waals surface area contributed by atoms with Crippen LogP contribution in [-0.4, -0.2) is 11.7 Å². The van der Waals surface area contributed by atoms with Crippen molar-refractivity contribution in [2.75, 3.05) is 6.54 Å². The van der Waals surface area contributed by atoms with Crippen LogP contribution in [-0.2, 0) is 5.41 Å². The molecule has 3 heteroatoms. The normalized spacial score (nSPS) is 18.9. The summed E-state index contributed by atoms with van der Waals surface area (Å²) in [6, 6.07) is 3.28. The van der Waals surface area contributed by atoms with Crippen molar-refractivity contribution >= 4 is 0 Å². The van der Waals surface area contributed by atoms with E-state index in [2.05, 4.69) is 0 Å². The van der Waals surface area contributed by atoms with Crippen LogP contribution in [0.15, 0.2) is 12.1 Å². The van der Waals surface area contributed by atoms with Gasteiger partial charge in [0.1, 0.15) is 0 Å². The molecule has 0 heterocycles. The van der Waals surface area contributed by atoms with Gasteiger partial charge in [0.15, 0.2) is 11.6 Å². The molecule has 88 valence electrons. The summed E-state index contributed by atoms with van der Waals surface area (Å²) in [4.78, 5) is 0. The Balaban J connectivity index is 2.53. The zero-order chi connectivity index (χ0) is 11.8. The molecule has 1 aliphatic rings. The van der Waals surface area contributed by atoms with Gasteiger partial charge in [-0.15, -0.1) is 0 Å². The highest BCUT2D eigenvalue weighted by Gasteiger charge is 2.37. The molecule has 0 aliphatic heterocycles. The maximum Gasteiger partial charge on any atom is 0.168 e. The summed E-state index contributed by atoms with van der Waals surface area (Å²) in [5.41, 5.74) is 7.05. The first-order valence-corrected chi connectivity index (χ1v) is 5.79. The summed E-state index contributed by atoms with van der Waals surface area (Å²) in [6.45, 7) is 2.31. The third-order valence-corrected chi connectivity index (χ3v) is 3.72. The van der Waals surface area contributed by atoms with Crippen LogP contribution >= 0.6 is 0 Å². The van der Waals surface area contributed by atoms with Crippen molar-refractivity contribution in [1.29, 1.82) is 0 Å². The largest absolute Gasteiger partial charge is 0.505 e. The van der Waals surface area contributed by atoms with Gasteiger partial charge in [-0.2, -0.15) is 0 Å². The lowest BCUT2D eigenvalue weighted by atomic mass is 9.78. The van der Waals surface area contributed by atoms with E-state index in [9.17, 15) is 9.50 Å². The Kier molecular flexibility index (Phi) is 2.89. The lowest BCUT2D eigenvalue weighted by Gasteiger charge is -2.28. The summed E-state index contributed by atoms with van der Waals surface area (Å²) >= 11 is 0. The highest BCUT2D eigenvalue weighted by molar-refractivity contribution is 5.40. The summed E-state index contributed by atoms with van der Waals surface area (Å²) in [7, 11) is 0. The van der Waals surface area contributed by atoms with Crippen LogP contribution in [0, 0.1) is 12.7 Å². The maximum absolute atomic E-state index is 14.0. The van der Waals surface area contributed by atoms with E-state index < -0.39 is 5.82 Å². The second-order valence-corrected chi connectivity index (χ2v) is 4.84. The molecule has 1 aromatic carbocycles. The minimum absolute atomic E-state index is 0.255. The highest BCUT2D eigenvalue weighted by atomic mass is 19.1. The van der Waals surface area contributed by atoms with Gasteiger partial charge in [-0.1, -0.05) is 18.9 Å². The molecule has 0 radical (unpaired) electrons. The number of hydrogen-bond donors (Lipinski definition) is 2. The van der Waals surface area contributed by atoms with E-state index in [0.717, 1.165) is 31.2 Å². The molecule has 0 spiro atoms. The summed E-state index contributed by atoms with van der Waals surface area (Å²) in [5, 5.41) is 9.54. The van der Waals surface area contributed by atoms with Gasteiger partial charge in [-0.3, -0.25) is 0 Å². The second kappa shape index (κ2) is 4.06. The Morgan fingerprint density at radius 2 is 2.00 bits per heavy atom. The molecule has 0 atom stereocenters. The van der Waals surface area contributed by atoms with E-state index >= 15 is 0 Å². The van der Waals surface area contributed by atoms with Gasteiger partial charge < -0.3 is 10.8 Å². The van der Waals surface area contributed by atoms with Crippen molar-refractivity contribution in [3.05, 3.63) is 29.1 Å². The average molecular weight is 223 g/mol. The van der Waals surface area contributed by atoms with Gasteiger partial charge in [0.2, 0.25) is 0 Å². The number of rotatable bonds is 2. The van der Waals surface area contributed by atoms with Crippen LogP contribution in [0.4, 0.5) is 4.39 Å². The monoisotopic (exact) mass is 223 g/mol. The maximum atomic E-state index is 14.0. The topological polar surface area (TPSA) is 46.2 Å². The molecule has 3 N–H and O–H groups in total. The van der Waals surface area contributed by atoms with Crippen LogP contribution in [0.1, 0.15) is 36.8 Å². The Morgan fingerprint density at radius 3 is 2.56 bits per heavy atom. The van der Waals surface area contributed by atoms with E-state index in [-0.39, 0.29) is 11.2 Å². The van der Waals surface area contributed by atoms with Gasteiger partial charge in [0.05, 0.1) is 0 Å². The quantitative estimate of drug-likeness (QED) is 0.809. The molecular formula is C13H18FNO. The van der Waals surface area contributed by atoms with Gasteiger partial charge in [0.25, 0.3) is 0 Å². The van der Waals surface area contributed by atoms with E-state index in [1.54, 1.807) is 0 Å². The average Bonchev–Trinajstić information content (AvgIpc) is 2.73. The van der Waals surface area contributed by atoms with Crippen LogP contribution in [0.5, 0.6) is 5.75 Å². The summed E-state index contributed by atoms with van der Waals surface area (Å²) < 4.78 is 14.0. The van der Waals surface area contributed by atoms with Crippen molar-refractivity contribution in [2.45, 2.75) is 38.0 Å². The molecule has 2 rings (SSSR count). The van der Waals surface area contributed by atoms with Gasteiger partial charge in [0, 0.05) is 12.0 Å².